The molecule has 104 valence electrons. The number of aliphatic carboxylic acids is 1. The van der Waals surface area contributed by atoms with Crippen LogP contribution >= 0.6 is 0 Å². The highest BCUT2D eigenvalue weighted by atomic mass is 16.4. The molecule has 1 rings (SSSR count). The number of rotatable bonds is 4. The number of carbonyl (C=O) groups is 2. The second-order valence-electron chi connectivity index (χ2n) is 6.23. The van der Waals surface area contributed by atoms with Crippen LogP contribution in [0.25, 0.3) is 0 Å². The van der Waals surface area contributed by atoms with Crippen molar-refractivity contribution in [1.29, 1.82) is 0 Å². The fourth-order valence-corrected chi connectivity index (χ4v) is 2.34. The van der Waals surface area contributed by atoms with Crippen LogP contribution in [0, 0.1) is 10.8 Å². The van der Waals surface area contributed by atoms with Crippen LogP contribution in [0.1, 0.15) is 59.8 Å². The van der Waals surface area contributed by atoms with Gasteiger partial charge in [0.2, 0.25) is 5.91 Å². The molecule has 1 fully saturated rings. The molecule has 0 aliphatic heterocycles. The minimum absolute atomic E-state index is 0.0376. The molecular formula is C14H25NO3. The first kappa shape index (κ1) is 15.0. The van der Waals surface area contributed by atoms with Crippen LogP contribution in [-0.2, 0) is 9.59 Å². The fourth-order valence-electron chi connectivity index (χ4n) is 2.34. The Balaban J connectivity index is 2.81. The van der Waals surface area contributed by atoms with E-state index in [2.05, 4.69) is 5.32 Å². The average Bonchev–Trinajstić information content (AvgIpc) is 2.31. The van der Waals surface area contributed by atoms with Gasteiger partial charge < -0.3 is 10.4 Å². The van der Waals surface area contributed by atoms with Crippen molar-refractivity contribution >= 4 is 11.9 Å². The summed E-state index contributed by atoms with van der Waals surface area (Å²) in [5.41, 5.74) is -1.26. The average molecular weight is 255 g/mol. The topological polar surface area (TPSA) is 66.4 Å². The van der Waals surface area contributed by atoms with Crippen LogP contribution in [0.15, 0.2) is 0 Å². The molecule has 0 saturated heterocycles. The predicted molar refractivity (Wildman–Crippen MR) is 70.2 cm³/mol. The monoisotopic (exact) mass is 255 g/mol. The van der Waals surface area contributed by atoms with E-state index in [0.29, 0.717) is 6.42 Å². The molecule has 1 saturated carbocycles. The second-order valence-corrected chi connectivity index (χ2v) is 6.23. The van der Waals surface area contributed by atoms with E-state index in [1.165, 1.54) is 0 Å². The molecular weight excluding hydrogens is 230 g/mol. The summed E-state index contributed by atoms with van der Waals surface area (Å²) >= 11 is 0. The maximum Gasteiger partial charge on any atom is 0.311 e. The lowest BCUT2D eigenvalue weighted by Gasteiger charge is -2.39. The Hall–Kier alpha value is -1.06. The van der Waals surface area contributed by atoms with Gasteiger partial charge in [-0.15, -0.1) is 0 Å². The molecule has 0 aromatic carbocycles. The van der Waals surface area contributed by atoms with Crippen molar-refractivity contribution in [1.82, 2.24) is 5.32 Å². The molecule has 0 heterocycles. The molecule has 0 aromatic heterocycles. The molecule has 2 atom stereocenters. The van der Waals surface area contributed by atoms with E-state index in [9.17, 15) is 14.7 Å². The molecule has 0 aromatic rings. The molecule has 0 bridgehead atoms. The van der Waals surface area contributed by atoms with Crippen molar-refractivity contribution in [3.63, 3.8) is 0 Å². The molecule has 0 spiro atoms. The Labute approximate surface area is 109 Å². The Morgan fingerprint density at radius 3 is 2.50 bits per heavy atom. The van der Waals surface area contributed by atoms with Crippen molar-refractivity contribution in [2.24, 2.45) is 10.8 Å². The smallest absolute Gasteiger partial charge is 0.311 e. The number of carboxylic acid groups (broad SMARTS) is 1. The van der Waals surface area contributed by atoms with E-state index in [1.807, 2.05) is 20.8 Å². The first-order chi connectivity index (χ1) is 8.24. The molecule has 4 heteroatoms. The van der Waals surface area contributed by atoms with Gasteiger partial charge in [0.25, 0.3) is 0 Å². The summed E-state index contributed by atoms with van der Waals surface area (Å²) in [5, 5.41) is 12.4. The predicted octanol–water partition coefficient (Wildman–Crippen LogP) is 2.57. The molecule has 18 heavy (non-hydrogen) atoms. The normalized spacial score (nSPS) is 28.8. The van der Waals surface area contributed by atoms with Crippen molar-refractivity contribution < 1.29 is 14.7 Å². The highest BCUT2D eigenvalue weighted by molar-refractivity contribution is 5.83. The van der Waals surface area contributed by atoms with Crippen molar-refractivity contribution in [2.45, 2.75) is 65.8 Å². The summed E-state index contributed by atoms with van der Waals surface area (Å²) in [5.74, 6) is -0.842. The number of hydrogen-bond donors (Lipinski definition) is 2. The summed E-state index contributed by atoms with van der Waals surface area (Å²) in [7, 11) is 0. The quantitative estimate of drug-likeness (QED) is 0.811. The third kappa shape index (κ3) is 2.85. The molecule has 2 unspecified atom stereocenters. The molecule has 1 aliphatic rings. The van der Waals surface area contributed by atoms with Crippen LogP contribution in [-0.4, -0.2) is 23.0 Å². The van der Waals surface area contributed by atoms with E-state index < -0.39 is 16.8 Å². The van der Waals surface area contributed by atoms with E-state index >= 15 is 0 Å². The van der Waals surface area contributed by atoms with E-state index in [-0.39, 0.29) is 11.9 Å². The zero-order valence-electron chi connectivity index (χ0n) is 11.9. The number of carboxylic acids is 1. The molecule has 1 aliphatic carbocycles. The first-order valence-corrected chi connectivity index (χ1v) is 6.78. The van der Waals surface area contributed by atoms with Gasteiger partial charge in [-0.2, -0.15) is 0 Å². The van der Waals surface area contributed by atoms with Crippen LogP contribution in [0.4, 0.5) is 0 Å². The van der Waals surface area contributed by atoms with Gasteiger partial charge in [-0.1, -0.05) is 33.6 Å². The van der Waals surface area contributed by atoms with E-state index in [1.54, 1.807) is 6.92 Å². The summed E-state index contributed by atoms with van der Waals surface area (Å²) in [6.07, 6.45) is 4.05. The number of hydrogen-bond acceptors (Lipinski definition) is 2. The van der Waals surface area contributed by atoms with Gasteiger partial charge in [0, 0.05) is 11.5 Å². The lowest BCUT2D eigenvalue weighted by Crippen LogP contribution is -2.54. The highest BCUT2D eigenvalue weighted by Crippen LogP contribution is 2.37. The van der Waals surface area contributed by atoms with Gasteiger partial charge in [0.1, 0.15) is 0 Å². The summed E-state index contributed by atoms with van der Waals surface area (Å²) in [4.78, 5) is 23.6. The van der Waals surface area contributed by atoms with Crippen LogP contribution < -0.4 is 5.32 Å². The number of nitrogens with one attached hydrogen (secondary N) is 1. The SMILES string of the molecule is CCC(C)(C)C(=O)NC1CCCCC1(C)C(=O)O. The summed E-state index contributed by atoms with van der Waals surface area (Å²) in [6, 6.07) is -0.248. The van der Waals surface area contributed by atoms with Crippen molar-refractivity contribution in [3.8, 4) is 0 Å². The number of amides is 1. The van der Waals surface area contributed by atoms with E-state index in [4.69, 9.17) is 0 Å². The van der Waals surface area contributed by atoms with Crippen LogP contribution in [0.5, 0.6) is 0 Å². The van der Waals surface area contributed by atoms with Crippen molar-refractivity contribution in [3.05, 3.63) is 0 Å². The third-order valence-corrected chi connectivity index (χ3v) is 4.50. The number of carbonyl (C=O) groups excluding carboxylic acids is 1. The van der Waals surface area contributed by atoms with Crippen LogP contribution in [0.3, 0.4) is 0 Å². The van der Waals surface area contributed by atoms with Gasteiger partial charge in [-0.25, -0.2) is 0 Å². The molecule has 0 radical (unpaired) electrons. The zero-order valence-corrected chi connectivity index (χ0v) is 11.9. The maximum atomic E-state index is 12.2. The minimum Gasteiger partial charge on any atom is -0.481 e. The van der Waals surface area contributed by atoms with Crippen molar-refractivity contribution in [2.75, 3.05) is 0 Å². The van der Waals surface area contributed by atoms with Gasteiger partial charge in [0.05, 0.1) is 5.41 Å². The Kier molecular flexibility index (Phi) is 4.41. The Morgan fingerprint density at radius 2 is 2.00 bits per heavy atom. The van der Waals surface area contributed by atoms with Crippen LogP contribution in [0.2, 0.25) is 0 Å². The zero-order chi connectivity index (χ0) is 14.0. The highest BCUT2D eigenvalue weighted by Gasteiger charge is 2.44. The van der Waals surface area contributed by atoms with Gasteiger partial charge in [-0.3, -0.25) is 9.59 Å². The maximum absolute atomic E-state index is 12.2. The fraction of sp³-hybridized carbons (Fsp3) is 0.857. The molecule has 2 N–H and O–H groups in total. The summed E-state index contributed by atoms with van der Waals surface area (Å²) < 4.78 is 0. The van der Waals surface area contributed by atoms with Gasteiger partial charge in [-0.05, 0) is 26.2 Å². The molecule has 1 amide bonds. The second kappa shape index (κ2) is 5.29. The third-order valence-electron chi connectivity index (χ3n) is 4.50. The van der Waals surface area contributed by atoms with Gasteiger partial charge in [0.15, 0.2) is 0 Å². The van der Waals surface area contributed by atoms with Gasteiger partial charge >= 0.3 is 5.97 Å². The minimum atomic E-state index is -0.822. The Bertz CT molecular complexity index is 338. The Morgan fingerprint density at radius 1 is 1.39 bits per heavy atom. The summed E-state index contributed by atoms with van der Waals surface area (Å²) in [6.45, 7) is 7.50. The standard InChI is InChI=1S/C14H25NO3/c1-5-13(2,3)11(16)15-10-8-6-7-9-14(10,4)12(17)18/h10H,5-9H2,1-4H3,(H,15,16)(H,17,18). The molecule has 4 nitrogen and oxygen atoms in total. The lowest BCUT2D eigenvalue weighted by atomic mass is 9.71. The first-order valence-electron chi connectivity index (χ1n) is 6.78. The van der Waals surface area contributed by atoms with E-state index in [0.717, 1.165) is 25.7 Å². The lowest BCUT2D eigenvalue weighted by molar-refractivity contribution is -0.152. The largest absolute Gasteiger partial charge is 0.481 e.